The summed E-state index contributed by atoms with van der Waals surface area (Å²) in [6.45, 7) is 1.44. The predicted molar refractivity (Wildman–Crippen MR) is 55.7 cm³/mol. The Morgan fingerprint density at radius 1 is 1.53 bits per heavy atom. The van der Waals surface area contributed by atoms with Crippen molar-refractivity contribution in [3.05, 3.63) is 26.6 Å². The average molecular weight is 314 g/mol. The van der Waals surface area contributed by atoms with Crippen molar-refractivity contribution in [3.63, 3.8) is 0 Å². The van der Waals surface area contributed by atoms with Gasteiger partial charge in [-0.05, 0) is 15.9 Å². The fourth-order valence-corrected chi connectivity index (χ4v) is 1.28. The lowest BCUT2D eigenvalue weighted by atomic mass is 10.3. The summed E-state index contributed by atoms with van der Waals surface area (Å²) in [5, 5.41) is 0. The molecule has 0 aliphatic heterocycles. The molecule has 0 radical (unpaired) electrons. The summed E-state index contributed by atoms with van der Waals surface area (Å²) >= 11 is 2.76. The van der Waals surface area contributed by atoms with Crippen LogP contribution in [0.2, 0.25) is 0 Å². The third-order valence-electron chi connectivity index (χ3n) is 1.76. The smallest absolute Gasteiger partial charge is 0.424 e. The third kappa shape index (κ3) is 3.32. The van der Waals surface area contributed by atoms with Gasteiger partial charge >= 0.3 is 12.1 Å². The number of alkyl halides is 3. The fraction of sp³-hybridized carbons (Fsp3) is 0.333. The van der Waals surface area contributed by atoms with Crippen LogP contribution < -0.4 is 10.3 Å². The first-order chi connectivity index (χ1) is 7.75. The standard InChI is InChI=1S/C9H7BrF3NO3/c1-2-6(15)17-5-3-4(10)8(16)14-7(5)9(11,12)13/h3H,2H2,1H3,(H,14,16). The Morgan fingerprint density at radius 3 is 2.59 bits per heavy atom. The Bertz CT molecular complexity index is 495. The van der Waals surface area contributed by atoms with Crippen molar-refractivity contribution >= 4 is 21.9 Å². The van der Waals surface area contributed by atoms with Crippen molar-refractivity contribution in [3.8, 4) is 5.75 Å². The van der Waals surface area contributed by atoms with Gasteiger partial charge in [0.2, 0.25) is 0 Å². The SMILES string of the molecule is CCC(=O)Oc1cc(Br)c(=O)[nH]c1C(F)(F)F. The zero-order valence-electron chi connectivity index (χ0n) is 8.52. The van der Waals surface area contributed by atoms with Gasteiger partial charge in [0.15, 0.2) is 11.4 Å². The fourth-order valence-electron chi connectivity index (χ4n) is 0.974. The van der Waals surface area contributed by atoms with E-state index in [1.165, 1.54) is 6.92 Å². The number of nitrogens with one attached hydrogen (secondary N) is 1. The number of hydrogen-bond acceptors (Lipinski definition) is 3. The molecule has 1 rings (SSSR count). The van der Waals surface area contributed by atoms with E-state index < -0.39 is 29.1 Å². The maximum Gasteiger partial charge on any atom is 0.435 e. The topological polar surface area (TPSA) is 59.2 Å². The van der Waals surface area contributed by atoms with Gasteiger partial charge in [-0.3, -0.25) is 9.59 Å². The summed E-state index contributed by atoms with van der Waals surface area (Å²) in [6, 6.07) is 0.815. The molecule has 4 nitrogen and oxygen atoms in total. The van der Waals surface area contributed by atoms with E-state index in [1.807, 2.05) is 0 Å². The summed E-state index contributed by atoms with van der Waals surface area (Å²) < 4.78 is 42.0. The van der Waals surface area contributed by atoms with Crippen LogP contribution >= 0.6 is 15.9 Å². The zero-order valence-corrected chi connectivity index (χ0v) is 10.1. The molecule has 8 heteroatoms. The third-order valence-corrected chi connectivity index (χ3v) is 2.34. The molecule has 0 atom stereocenters. The summed E-state index contributed by atoms with van der Waals surface area (Å²) in [4.78, 5) is 23.6. The number of esters is 1. The van der Waals surface area contributed by atoms with Crippen molar-refractivity contribution in [1.29, 1.82) is 0 Å². The number of aromatic nitrogens is 1. The van der Waals surface area contributed by atoms with E-state index in [2.05, 4.69) is 20.7 Å². The van der Waals surface area contributed by atoms with Crippen LogP contribution in [-0.2, 0) is 11.0 Å². The highest BCUT2D eigenvalue weighted by molar-refractivity contribution is 9.10. The molecule has 0 amide bonds. The zero-order chi connectivity index (χ0) is 13.2. The van der Waals surface area contributed by atoms with E-state index in [-0.39, 0.29) is 10.9 Å². The lowest BCUT2D eigenvalue weighted by Gasteiger charge is -2.12. The predicted octanol–water partition coefficient (Wildman–Crippen LogP) is 2.47. The first kappa shape index (κ1) is 13.8. The molecule has 0 aliphatic rings. The van der Waals surface area contributed by atoms with Crippen LogP contribution in [0.5, 0.6) is 5.75 Å². The molecule has 0 fully saturated rings. The second-order valence-electron chi connectivity index (χ2n) is 3.01. The van der Waals surface area contributed by atoms with E-state index in [4.69, 9.17) is 0 Å². The molecule has 0 aromatic carbocycles. The number of carbonyl (C=O) groups excluding carboxylic acids is 1. The van der Waals surface area contributed by atoms with Crippen LogP contribution in [0.1, 0.15) is 19.0 Å². The van der Waals surface area contributed by atoms with Gasteiger partial charge in [0, 0.05) is 12.5 Å². The van der Waals surface area contributed by atoms with Gasteiger partial charge < -0.3 is 9.72 Å². The second-order valence-corrected chi connectivity index (χ2v) is 3.87. The lowest BCUT2D eigenvalue weighted by molar-refractivity contribution is -0.145. The number of carbonyl (C=O) groups is 1. The van der Waals surface area contributed by atoms with Crippen molar-refractivity contribution in [2.45, 2.75) is 19.5 Å². The molecular weight excluding hydrogens is 307 g/mol. The maximum atomic E-state index is 12.5. The molecule has 1 aromatic rings. The molecule has 1 aromatic heterocycles. The highest BCUT2D eigenvalue weighted by Crippen LogP contribution is 2.34. The molecule has 94 valence electrons. The molecular formula is C9H7BrF3NO3. The summed E-state index contributed by atoms with van der Waals surface area (Å²) in [7, 11) is 0. The quantitative estimate of drug-likeness (QED) is 0.853. The highest BCUT2D eigenvalue weighted by atomic mass is 79.9. The lowest BCUT2D eigenvalue weighted by Crippen LogP contribution is -2.20. The second kappa shape index (κ2) is 4.91. The Balaban J connectivity index is 3.31. The molecule has 0 unspecified atom stereocenters. The van der Waals surface area contributed by atoms with E-state index >= 15 is 0 Å². The number of hydrogen-bond donors (Lipinski definition) is 1. The molecule has 0 aliphatic carbocycles. The number of pyridine rings is 1. The molecule has 0 saturated carbocycles. The maximum absolute atomic E-state index is 12.5. The molecule has 0 saturated heterocycles. The van der Waals surface area contributed by atoms with Gasteiger partial charge in [-0.25, -0.2) is 0 Å². The molecule has 1 heterocycles. The Hall–Kier alpha value is -1.31. The van der Waals surface area contributed by atoms with Crippen molar-refractivity contribution in [2.24, 2.45) is 0 Å². The van der Waals surface area contributed by atoms with Crippen LogP contribution in [0.25, 0.3) is 0 Å². The van der Waals surface area contributed by atoms with Crippen molar-refractivity contribution in [1.82, 2.24) is 4.98 Å². The number of H-pyrrole nitrogens is 1. The van der Waals surface area contributed by atoms with Crippen LogP contribution in [0.15, 0.2) is 15.3 Å². The van der Waals surface area contributed by atoms with Gasteiger partial charge in [-0.2, -0.15) is 13.2 Å². The monoisotopic (exact) mass is 313 g/mol. The number of halogens is 4. The molecule has 0 spiro atoms. The highest BCUT2D eigenvalue weighted by Gasteiger charge is 2.36. The van der Waals surface area contributed by atoms with E-state index in [0.29, 0.717) is 0 Å². The summed E-state index contributed by atoms with van der Waals surface area (Å²) in [5.74, 6) is -1.55. The van der Waals surface area contributed by atoms with Gasteiger partial charge in [-0.1, -0.05) is 6.92 Å². The van der Waals surface area contributed by atoms with Gasteiger partial charge in [0.05, 0.1) is 4.47 Å². The minimum atomic E-state index is -4.80. The summed E-state index contributed by atoms with van der Waals surface area (Å²) in [6.07, 6.45) is -4.88. The Labute approximate surface area is 102 Å². The van der Waals surface area contributed by atoms with Crippen molar-refractivity contribution in [2.75, 3.05) is 0 Å². The van der Waals surface area contributed by atoms with Gasteiger partial charge in [0.1, 0.15) is 0 Å². The van der Waals surface area contributed by atoms with Crippen LogP contribution in [0.3, 0.4) is 0 Å². The van der Waals surface area contributed by atoms with Crippen LogP contribution in [0.4, 0.5) is 13.2 Å². The van der Waals surface area contributed by atoms with E-state index in [0.717, 1.165) is 6.07 Å². The number of rotatable bonds is 2. The number of ether oxygens (including phenoxy) is 1. The van der Waals surface area contributed by atoms with Gasteiger partial charge in [-0.15, -0.1) is 0 Å². The van der Waals surface area contributed by atoms with E-state index in [1.54, 1.807) is 4.98 Å². The van der Waals surface area contributed by atoms with Crippen LogP contribution in [0, 0.1) is 0 Å². The van der Waals surface area contributed by atoms with Crippen LogP contribution in [-0.4, -0.2) is 11.0 Å². The normalized spacial score (nSPS) is 11.4. The average Bonchev–Trinajstić information content (AvgIpc) is 2.21. The molecule has 1 N–H and O–H groups in total. The summed E-state index contributed by atoms with van der Waals surface area (Å²) in [5.41, 5.74) is -2.33. The molecule has 0 bridgehead atoms. The molecule has 17 heavy (non-hydrogen) atoms. The Kier molecular flexibility index (Phi) is 3.97. The van der Waals surface area contributed by atoms with E-state index in [9.17, 15) is 22.8 Å². The largest absolute Gasteiger partial charge is 0.435 e. The minimum absolute atomic E-state index is 0.0754. The first-order valence-electron chi connectivity index (χ1n) is 4.46. The number of aromatic amines is 1. The Morgan fingerprint density at radius 2 is 2.12 bits per heavy atom. The van der Waals surface area contributed by atoms with Gasteiger partial charge in [0.25, 0.3) is 5.56 Å². The first-order valence-corrected chi connectivity index (χ1v) is 5.25. The minimum Gasteiger partial charge on any atom is -0.424 e. The van der Waals surface area contributed by atoms with Crippen molar-refractivity contribution < 1.29 is 22.7 Å².